The highest BCUT2D eigenvalue weighted by atomic mass is 32.2. The molecule has 2 aromatic heterocycles. The number of thiophene rings is 1. The lowest BCUT2D eigenvalue weighted by Gasteiger charge is -2.20. The molecular weight excluding hydrogens is 593 g/mol. The van der Waals surface area contributed by atoms with E-state index in [1.807, 2.05) is 43.7 Å². The Balaban J connectivity index is 1.29. The summed E-state index contributed by atoms with van der Waals surface area (Å²) in [5, 5.41) is 14.6. The lowest BCUT2D eigenvalue weighted by Crippen LogP contribution is -2.43. The molecule has 1 saturated heterocycles. The smallest absolute Gasteiger partial charge is 0.285 e. The van der Waals surface area contributed by atoms with Crippen molar-refractivity contribution in [2.75, 3.05) is 22.7 Å². The van der Waals surface area contributed by atoms with Crippen molar-refractivity contribution in [3.8, 4) is 5.75 Å². The number of carbonyl (C=O) groups excluding carboxylic acids is 2. The maximum atomic E-state index is 13.1. The van der Waals surface area contributed by atoms with E-state index < -0.39 is 0 Å². The highest BCUT2D eigenvalue weighted by Crippen LogP contribution is 2.33. The number of amides is 2. The minimum atomic E-state index is -0.327. The van der Waals surface area contributed by atoms with Crippen LogP contribution < -0.4 is 26.1 Å². The second-order valence-electron chi connectivity index (χ2n) is 10.9. The highest BCUT2D eigenvalue weighted by molar-refractivity contribution is 8.26. The number of rotatable bonds is 10. The van der Waals surface area contributed by atoms with Crippen LogP contribution in [0.15, 0.2) is 46.0 Å². The van der Waals surface area contributed by atoms with Gasteiger partial charge in [0.15, 0.2) is 10.9 Å². The molecule has 1 aliphatic carbocycles. The van der Waals surface area contributed by atoms with Gasteiger partial charge in [-0.2, -0.15) is 31.3 Å². The molecular formula is C28H32N8O3S3. The highest BCUT2D eigenvalue weighted by Gasteiger charge is 2.33. The summed E-state index contributed by atoms with van der Waals surface area (Å²) in [5.41, 5.74) is 4.30. The normalized spacial score (nSPS) is 16.6. The molecule has 11 nitrogen and oxygen atoms in total. The van der Waals surface area contributed by atoms with Gasteiger partial charge in [-0.05, 0) is 98.6 Å². The summed E-state index contributed by atoms with van der Waals surface area (Å²) in [6, 6.07) is 9.32. The molecule has 0 atom stereocenters. The van der Waals surface area contributed by atoms with Gasteiger partial charge >= 0.3 is 0 Å². The van der Waals surface area contributed by atoms with Gasteiger partial charge in [-0.3, -0.25) is 15.0 Å². The number of nitrogens with one attached hydrogen (secondary N) is 4. The van der Waals surface area contributed by atoms with Crippen molar-refractivity contribution in [2.24, 2.45) is 0 Å². The Kier molecular flexibility index (Phi) is 9.24. The number of carbonyl (C=O) groups is 2. The Morgan fingerprint density at radius 3 is 2.50 bits per heavy atom. The van der Waals surface area contributed by atoms with E-state index in [0.717, 1.165) is 31.2 Å². The Hall–Kier alpha value is -3.75. The Morgan fingerprint density at radius 2 is 1.81 bits per heavy atom. The fourth-order valence-corrected chi connectivity index (χ4v) is 6.14. The molecule has 14 heteroatoms. The molecule has 0 radical (unpaired) electrons. The van der Waals surface area contributed by atoms with Gasteiger partial charge in [0.25, 0.3) is 11.8 Å². The molecule has 1 aromatic carbocycles. The van der Waals surface area contributed by atoms with Crippen LogP contribution in [0.1, 0.15) is 52.0 Å². The predicted molar refractivity (Wildman–Crippen MR) is 172 cm³/mol. The lowest BCUT2D eigenvalue weighted by molar-refractivity contribution is -0.124. The van der Waals surface area contributed by atoms with Gasteiger partial charge in [0.05, 0.1) is 4.91 Å². The number of thioether (sulfide) groups is 1. The number of benzene rings is 1. The van der Waals surface area contributed by atoms with Crippen LogP contribution in [0.3, 0.4) is 0 Å². The summed E-state index contributed by atoms with van der Waals surface area (Å²) >= 11 is 8.26. The maximum absolute atomic E-state index is 13.1. The second-order valence-corrected chi connectivity index (χ2v) is 13.3. The zero-order chi connectivity index (χ0) is 29.7. The molecule has 42 heavy (non-hydrogen) atoms. The molecule has 1 saturated carbocycles. The number of hydrogen-bond acceptors (Lipinski definition) is 12. The first-order chi connectivity index (χ1) is 20.1. The van der Waals surface area contributed by atoms with E-state index in [0.29, 0.717) is 26.6 Å². The average molecular weight is 625 g/mol. The molecule has 0 spiro atoms. The van der Waals surface area contributed by atoms with E-state index in [-0.39, 0.29) is 41.9 Å². The van der Waals surface area contributed by atoms with Crippen LogP contribution in [-0.2, 0) is 9.59 Å². The predicted octanol–water partition coefficient (Wildman–Crippen LogP) is 5.55. The van der Waals surface area contributed by atoms with E-state index in [9.17, 15) is 9.59 Å². The molecule has 2 aliphatic rings. The zero-order valence-electron chi connectivity index (χ0n) is 23.5. The van der Waals surface area contributed by atoms with Crippen LogP contribution in [0, 0.1) is 0 Å². The standard InChI is InChI=1S/C28H32N8O3S3/c1-28(2,3)34-22(37)15-39-20-10-8-19(9-11-20)30-25-31-24(29-18-6-4-5-7-18)32-26(33-25)35-36-23(38)21(42-27(36)40)14-17-12-13-41-16-17/h8-14,16,18H,4-7,15H2,1-3H3,(H,34,37)(H3,29,30,31,32,33,35)/b21-14-. The van der Waals surface area contributed by atoms with Crippen LogP contribution >= 0.6 is 35.3 Å². The van der Waals surface area contributed by atoms with Crippen molar-refractivity contribution in [3.63, 3.8) is 0 Å². The molecule has 0 bridgehead atoms. The van der Waals surface area contributed by atoms with Crippen LogP contribution in [0.2, 0.25) is 0 Å². The third-order valence-electron chi connectivity index (χ3n) is 6.17. The van der Waals surface area contributed by atoms with Gasteiger partial charge in [0.2, 0.25) is 17.8 Å². The number of anilines is 4. The zero-order valence-corrected chi connectivity index (χ0v) is 25.9. The minimum Gasteiger partial charge on any atom is -0.484 e. The first-order valence-corrected chi connectivity index (χ1v) is 15.7. The summed E-state index contributed by atoms with van der Waals surface area (Å²) in [5.74, 6) is 0.933. The van der Waals surface area contributed by atoms with Gasteiger partial charge in [0.1, 0.15) is 5.75 Å². The summed E-state index contributed by atoms with van der Waals surface area (Å²) in [7, 11) is 0. The lowest BCUT2D eigenvalue weighted by atomic mass is 10.1. The number of ether oxygens (including phenoxy) is 1. The number of nitrogens with zero attached hydrogens (tertiary/aromatic N) is 4. The van der Waals surface area contributed by atoms with Gasteiger partial charge in [-0.1, -0.05) is 24.6 Å². The molecule has 2 amide bonds. The summed E-state index contributed by atoms with van der Waals surface area (Å²) in [6.07, 6.45) is 6.19. The van der Waals surface area contributed by atoms with Gasteiger partial charge in [-0.15, -0.1) is 0 Å². The van der Waals surface area contributed by atoms with Crippen molar-refractivity contribution in [1.29, 1.82) is 0 Å². The number of aromatic nitrogens is 3. The average Bonchev–Trinajstić information content (AvgIpc) is 3.68. The quantitative estimate of drug-likeness (QED) is 0.167. The Labute approximate surface area is 257 Å². The topological polar surface area (TPSA) is 133 Å². The van der Waals surface area contributed by atoms with E-state index in [2.05, 4.69) is 36.3 Å². The number of hydrogen-bond donors (Lipinski definition) is 4. The summed E-state index contributed by atoms with van der Waals surface area (Å²) < 4.78 is 5.97. The van der Waals surface area contributed by atoms with Crippen molar-refractivity contribution in [3.05, 3.63) is 51.6 Å². The molecule has 2 fully saturated rings. The second kappa shape index (κ2) is 13.0. The third kappa shape index (κ3) is 8.17. The first-order valence-electron chi connectivity index (χ1n) is 13.5. The van der Waals surface area contributed by atoms with E-state index in [1.54, 1.807) is 35.6 Å². The van der Waals surface area contributed by atoms with Crippen LogP contribution in [-0.4, -0.2) is 54.3 Å². The van der Waals surface area contributed by atoms with Crippen molar-refractivity contribution in [2.45, 2.75) is 58.0 Å². The van der Waals surface area contributed by atoms with Crippen molar-refractivity contribution in [1.82, 2.24) is 25.3 Å². The largest absolute Gasteiger partial charge is 0.484 e. The van der Waals surface area contributed by atoms with Crippen LogP contribution in [0.25, 0.3) is 6.08 Å². The molecule has 1 aliphatic heterocycles. The fourth-order valence-electron chi connectivity index (χ4n) is 4.34. The molecule has 5 rings (SSSR count). The number of thiocarbonyl (C=S) groups is 1. The SMILES string of the molecule is CC(C)(C)NC(=O)COc1ccc(Nc2nc(NC3CCCC3)nc(NN3C(=O)/C(=C/c4ccsc4)SC3=S)n2)cc1. The molecule has 220 valence electrons. The monoisotopic (exact) mass is 624 g/mol. The summed E-state index contributed by atoms with van der Waals surface area (Å²) in [4.78, 5) is 39.3. The van der Waals surface area contributed by atoms with E-state index >= 15 is 0 Å². The third-order valence-corrected chi connectivity index (χ3v) is 8.17. The molecule has 4 N–H and O–H groups in total. The first kappa shape index (κ1) is 29.7. The van der Waals surface area contributed by atoms with Gasteiger partial charge in [-0.25, -0.2) is 0 Å². The van der Waals surface area contributed by atoms with Crippen molar-refractivity contribution < 1.29 is 14.3 Å². The minimum absolute atomic E-state index is 0.0811. The number of hydrazine groups is 1. The Bertz CT molecular complexity index is 1470. The van der Waals surface area contributed by atoms with E-state index in [4.69, 9.17) is 17.0 Å². The fraction of sp³-hybridized carbons (Fsp3) is 0.357. The molecule has 3 heterocycles. The maximum Gasteiger partial charge on any atom is 0.285 e. The molecule has 3 aromatic rings. The van der Waals surface area contributed by atoms with Crippen LogP contribution in [0.4, 0.5) is 23.5 Å². The summed E-state index contributed by atoms with van der Waals surface area (Å²) in [6.45, 7) is 5.67. The Morgan fingerprint density at radius 1 is 1.10 bits per heavy atom. The van der Waals surface area contributed by atoms with Gasteiger partial charge in [0, 0.05) is 17.3 Å². The van der Waals surface area contributed by atoms with E-state index in [1.165, 1.54) is 16.8 Å². The van der Waals surface area contributed by atoms with Crippen molar-refractivity contribution >= 4 is 81.1 Å². The molecule has 0 unspecified atom stereocenters. The van der Waals surface area contributed by atoms with Crippen LogP contribution in [0.5, 0.6) is 5.75 Å². The van der Waals surface area contributed by atoms with Gasteiger partial charge < -0.3 is 20.7 Å².